The molecule has 1 heterocycles. The van der Waals surface area contributed by atoms with Crippen LogP contribution in [0.15, 0.2) is 180 Å². The van der Waals surface area contributed by atoms with E-state index < -0.39 is 0 Å². The van der Waals surface area contributed by atoms with Crippen molar-refractivity contribution >= 4 is 39.0 Å². The predicted octanol–water partition coefficient (Wildman–Crippen LogP) is 15.0. The van der Waals surface area contributed by atoms with Gasteiger partial charge in [-0.25, -0.2) is 0 Å². The summed E-state index contributed by atoms with van der Waals surface area (Å²) in [5, 5.41) is 2.23. The second-order valence-corrected chi connectivity index (χ2v) is 16.5. The Morgan fingerprint density at radius 1 is 0.393 bits per heavy atom. The SMILES string of the molecule is CC1(C)c2ccccc2-c2ccc(N(c3ccc4c(c3)C(C)(C)c3ccccc3-4)c3ccc4oc5ccccc5c4c3-c3cccc(-c4ccccc4)c3)cc21. The summed E-state index contributed by atoms with van der Waals surface area (Å²) < 4.78 is 6.60. The fraction of sp³-hybridized carbons (Fsp3) is 0.111. The van der Waals surface area contributed by atoms with Gasteiger partial charge in [0.25, 0.3) is 0 Å². The highest BCUT2D eigenvalue weighted by atomic mass is 16.3. The normalized spacial score (nSPS) is 14.4. The average molecular weight is 720 g/mol. The second kappa shape index (κ2) is 11.9. The summed E-state index contributed by atoms with van der Waals surface area (Å²) in [4.78, 5) is 2.50. The number of hydrogen-bond donors (Lipinski definition) is 0. The molecule has 0 saturated carbocycles. The molecule has 0 N–H and O–H groups in total. The van der Waals surface area contributed by atoms with Crippen LogP contribution in [0.1, 0.15) is 49.9 Å². The van der Waals surface area contributed by atoms with E-state index in [1.165, 1.54) is 55.6 Å². The molecular formula is C54H41NO. The summed E-state index contributed by atoms with van der Waals surface area (Å²) in [5.41, 5.74) is 20.2. The number of anilines is 3. The topological polar surface area (TPSA) is 16.4 Å². The van der Waals surface area contributed by atoms with Crippen molar-refractivity contribution in [2.45, 2.75) is 38.5 Å². The van der Waals surface area contributed by atoms with E-state index in [4.69, 9.17) is 4.42 Å². The Labute approximate surface area is 328 Å². The zero-order valence-corrected chi connectivity index (χ0v) is 32.1. The number of benzene rings is 8. The van der Waals surface area contributed by atoms with Crippen molar-refractivity contribution in [2.75, 3.05) is 4.90 Å². The van der Waals surface area contributed by atoms with E-state index >= 15 is 0 Å². The van der Waals surface area contributed by atoms with Gasteiger partial charge >= 0.3 is 0 Å². The summed E-state index contributed by atoms with van der Waals surface area (Å²) in [6.45, 7) is 9.46. The highest BCUT2D eigenvalue weighted by molar-refractivity contribution is 6.16. The van der Waals surface area contributed by atoms with Crippen LogP contribution in [0.3, 0.4) is 0 Å². The molecule has 0 radical (unpaired) electrons. The van der Waals surface area contributed by atoms with Crippen molar-refractivity contribution in [3.8, 4) is 44.5 Å². The minimum atomic E-state index is -0.146. The van der Waals surface area contributed by atoms with E-state index in [2.05, 4.69) is 209 Å². The fourth-order valence-corrected chi connectivity index (χ4v) is 9.86. The first-order valence-corrected chi connectivity index (χ1v) is 19.7. The van der Waals surface area contributed by atoms with E-state index in [1.54, 1.807) is 0 Å². The lowest BCUT2D eigenvalue weighted by molar-refractivity contribution is 0.660. The van der Waals surface area contributed by atoms with Crippen LogP contribution >= 0.6 is 0 Å². The molecule has 8 aromatic carbocycles. The van der Waals surface area contributed by atoms with Gasteiger partial charge in [0.1, 0.15) is 11.2 Å². The Hall–Kier alpha value is -6.64. The van der Waals surface area contributed by atoms with Gasteiger partial charge < -0.3 is 9.32 Å². The van der Waals surface area contributed by atoms with Crippen LogP contribution in [0.2, 0.25) is 0 Å². The first-order valence-electron chi connectivity index (χ1n) is 19.7. The number of furan rings is 1. The zero-order chi connectivity index (χ0) is 37.8. The summed E-state index contributed by atoms with van der Waals surface area (Å²) >= 11 is 0. The molecule has 1 aromatic heterocycles. The largest absolute Gasteiger partial charge is 0.456 e. The van der Waals surface area contributed by atoms with Gasteiger partial charge in [0.05, 0.1) is 5.69 Å². The van der Waals surface area contributed by atoms with Crippen molar-refractivity contribution in [1.29, 1.82) is 0 Å². The molecule has 56 heavy (non-hydrogen) atoms. The maximum Gasteiger partial charge on any atom is 0.136 e. The van der Waals surface area contributed by atoms with Crippen LogP contribution in [0.4, 0.5) is 17.1 Å². The third-order valence-electron chi connectivity index (χ3n) is 12.7. The third-order valence-corrected chi connectivity index (χ3v) is 12.7. The second-order valence-electron chi connectivity index (χ2n) is 16.5. The lowest BCUT2D eigenvalue weighted by Crippen LogP contribution is -2.18. The van der Waals surface area contributed by atoms with Gasteiger partial charge in [0.2, 0.25) is 0 Å². The standard InChI is InChI=1S/C54H41NO/c1-53(2)44-22-11-8-19-39(44)41-27-25-37(32-46(41)53)55(38-26-28-42-40-20-9-12-23-45(40)54(3,4)47(42)33-38)48-29-30-50-52(43-21-10-13-24-49(43)56-50)51(48)36-18-14-17-35(31-36)34-15-6-5-7-16-34/h5-33H,1-4H3. The minimum Gasteiger partial charge on any atom is -0.456 e. The van der Waals surface area contributed by atoms with Gasteiger partial charge in [-0.1, -0.05) is 155 Å². The van der Waals surface area contributed by atoms with Crippen LogP contribution in [0.25, 0.3) is 66.4 Å². The summed E-state index contributed by atoms with van der Waals surface area (Å²) in [6.07, 6.45) is 0. The van der Waals surface area contributed by atoms with Gasteiger partial charge in [-0.3, -0.25) is 0 Å². The number of hydrogen-bond acceptors (Lipinski definition) is 2. The maximum absolute atomic E-state index is 6.60. The molecule has 0 fully saturated rings. The van der Waals surface area contributed by atoms with Crippen molar-refractivity contribution in [2.24, 2.45) is 0 Å². The Morgan fingerprint density at radius 3 is 1.59 bits per heavy atom. The molecule has 11 rings (SSSR count). The Bertz CT molecular complexity index is 2930. The van der Waals surface area contributed by atoms with Gasteiger partial charge in [-0.15, -0.1) is 0 Å². The van der Waals surface area contributed by atoms with Crippen molar-refractivity contribution in [1.82, 2.24) is 0 Å². The quantitative estimate of drug-likeness (QED) is 0.176. The van der Waals surface area contributed by atoms with Crippen molar-refractivity contribution < 1.29 is 4.42 Å². The molecule has 0 saturated heterocycles. The van der Waals surface area contributed by atoms with Crippen molar-refractivity contribution in [3.63, 3.8) is 0 Å². The molecule has 9 aromatic rings. The van der Waals surface area contributed by atoms with Crippen LogP contribution in [-0.4, -0.2) is 0 Å². The predicted molar refractivity (Wildman–Crippen MR) is 234 cm³/mol. The smallest absolute Gasteiger partial charge is 0.136 e. The Balaban J connectivity index is 1.21. The third kappa shape index (κ3) is 4.69. The molecule has 0 amide bonds. The average Bonchev–Trinajstić information content (AvgIpc) is 3.81. The molecule has 2 heteroatoms. The number of para-hydroxylation sites is 1. The molecule has 0 atom stereocenters. The summed E-state index contributed by atoms with van der Waals surface area (Å²) in [5.74, 6) is 0. The molecule has 268 valence electrons. The first kappa shape index (κ1) is 32.8. The lowest BCUT2D eigenvalue weighted by atomic mass is 9.82. The van der Waals surface area contributed by atoms with Gasteiger partial charge in [-0.2, -0.15) is 0 Å². The van der Waals surface area contributed by atoms with Crippen molar-refractivity contribution in [3.05, 3.63) is 198 Å². The molecule has 2 aliphatic carbocycles. The molecule has 0 spiro atoms. The number of rotatable bonds is 5. The van der Waals surface area contributed by atoms with E-state index in [0.29, 0.717) is 0 Å². The summed E-state index contributed by atoms with van der Waals surface area (Å²) in [7, 11) is 0. The zero-order valence-electron chi connectivity index (χ0n) is 32.1. The van der Waals surface area contributed by atoms with E-state index in [1.807, 2.05) is 0 Å². The first-order chi connectivity index (χ1) is 27.3. The van der Waals surface area contributed by atoms with Crippen LogP contribution < -0.4 is 4.90 Å². The van der Waals surface area contributed by atoms with Crippen LogP contribution in [-0.2, 0) is 10.8 Å². The van der Waals surface area contributed by atoms with E-state index in [9.17, 15) is 0 Å². The molecule has 0 aliphatic heterocycles. The Morgan fingerprint density at radius 2 is 0.929 bits per heavy atom. The van der Waals surface area contributed by atoms with Gasteiger partial charge in [0, 0.05) is 38.5 Å². The number of fused-ring (bicyclic) bond motifs is 9. The van der Waals surface area contributed by atoms with Crippen LogP contribution in [0, 0.1) is 0 Å². The number of nitrogens with zero attached hydrogens (tertiary/aromatic N) is 1. The highest BCUT2D eigenvalue weighted by Crippen LogP contribution is 2.55. The molecular weight excluding hydrogens is 679 g/mol. The molecule has 0 unspecified atom stereocenters. The van der Waals surface area contributed by atoms with Crippen LogP contribution in [0.5, 0.6) is 0 Å². The van der Waals surface area contributed by atoms with E-state index in [0.717, 1.165) is 50.1 Å². The van der Waals surface area contributed by atoms with E-state index in [-0.39, 0.29) is 10.8 Å². The molecule has 0 bridgehead atoms. The monoisotopic (exact) mass is 719 g/mol. The minimum absolute atomic E-state index is 0.146. The lowest BCUT2D eigenvalue weighted by Gasteiger charge is -2.31. The van der Waals surface area contributed by atoms with Gasteiger partial charge in [-0.05, 0) is 110 Å². The van der Waals surface area contributed by atoms with Gasteiger partial charge in [0.15, 0.2) is 0 Å². The maximum atomic E-state index is 6.60. The Kier molecular flexibility index (Phi) is 6.98. The summed E-state index contributed by atoms with van der Waals surface area (Å²) in [6, 6.07) is 64.6. The molecule has 2 aliphatic rings. The molecule has 2 nitrogen and oxygen atoms in total. The highest BCUT2D eigenvalue weighted by Gasteiger charge is 2.38. The fourth-order valence-electron chi connectivity index (χ4n) is 9.86.